The second-order valence-corrected chi connectivity index (χ2v) is 3.08. The van der Waals surface area contributed by atoms with Gasteiger partial charge in [0.05, 0.1) is 10.5 Å². The summed E-state index contributed by atoms with van der Waals surface area (Å²) in [7, 11) is 0. The number of hydrogen-bond acceptors (Lipinski definition) is 1. The number of pyridine rings is 1. The normalized spacial score (nSPS) is 10.6. The minimum absolute atomic E-state index is 0.0551. The largest absolute Gasteiger partial charge is 0.322 e. The van der Waals surface area contributed by atoms with E-state index in [1.54, 1.807) is 6.07 Å². The molecule has 0 atom stereocenters. The first-order chi connectivity index (χ1) is 6.16. The highest BCUT2D eigenvalue weighted by Crippen LogP contribution is 2.20. The minimum Gasteiger partial charge on any atom is -0.322 e. The molecule has 0 spiro atoms. The van der Waals surface area contributed by atoms with Crippen LogP contribution in [0.2, 0.25) is 5.02 Å². The first-order valence-electron chi connectivity index (χ1n) is 3.65. The van der Waals surface area contributed by atoms with Gasteiger partial charge in [0.25, 0.3) is 0 Å². The molecule has 0 aliphatic rings. The van der Waals surface area contributed by atoms with E-state index in [1.807, 2.05) is 0 Å². The van der Waals surface area contributed by atoms with Crippen LogP contribution >= 0.6 is 11.6 Å². The van der Waals surface area contributed by atoms with Crippen LogP contribution in [-0.4, -0.2) is 4.98 Å². The summed E-state index contributed by atoms with van der Waals surface area (Å²) in [4.78, 5) is 13.4. The molecule has 1 aromatic heterocycles. The molecular weight excluding hydrogens is 193 g/mol. The number of nitrogens with one attached hydrogen (secondary N) is 1. The Labute approximate surface area is 78.0 Å². The van der Waals surface area contributed by atoms with E-state index in [-0.39, 0.29) is 10.6 Å². The van der Waals surface area contributed by atoms with Crippen molar-refractivity contribution in [3.8, 4) is 0 Å². The summed E-state index contributed by atoms with van der Waals surface area (Å²) in [5.74, 6) is -0.531. The molecule has 0 fully saturated rings. The summed E-state index contributed by atoms with van der Waals surface area (Å²) >= 11 is 5.56. The molecule has 0 saturated heterocycles. The zero-order valence-electron chi connectivity index (χ0n) is 6.47. The van der Waals surface area contributed by atoms with Crippen molar-refractivity contribution in [2.24, 2.45) is 0 Å². The highest BCUT2D eigenvalue weighted by atomic mass is 35.5. The molecular formula is C9H5ClFNO. The van der Waals surface area contributed by atoms with E-state index in [1.165, 1.54) is 18.2 Å². The van der Waals surface area contributed by atoms with E-state index in [0.717, 1.165) is 0 Å². The number of aromatic amines is 1. The lowest BCUT2D eigenvalue weighted by atomic mass is 10.2. The van der Waals surface area contributed by atoms with Gasteiger partial charge in [-0.3, -0.25) is 4.79 Å². The summed E-state index contributed by atoms with van der Waals surface area (Å²) in [6.07, 6.45) is 0. The van der Waals surface area contributed by atoms with Crippen LogP contribution in [0.5, 0.6) is 0 Å². The molecule has 0 radical (unpaired) electrons. The molecule has 13 heavy (non-hydrogen) atoms. The molecule has 0 aliphatic carbocycles. The van der Waals surface area contributed by atoms with Crippen molar-refractivity contribution in [3.63, 3.8) is 0 Å². The Hall–Kier alpha value is -1.35. The second-order valence-electron chi connectivity index (χ2n) is 2.68. The van der Waals surface area contributed by atoms with Crippen LogP contribution in [0.4, 0.5) is 4.39 Å². The summed E-state index contributed by atoms with van der Waals surface area (Å²) in [6, 6.07) is 5.65. The van der Waals surface area contributed by atoms with Crippen LogP contribution in [-0.2, 0) is 0 Å². The van der Waals surface area contributed by atoms with Crippen LogP contribution < -0.4 is 5.56 Å². The molecule has 2 rings (SSSR count). The molecule has 2 aromatic rings. The Morgan fingerprint density at radius 2 is 2.08 bits per heavy atom. The van der Waals surface area contributed by atoms with Gasteiger partial charge in [-0.15, -0.1) is 0 Å². The van der Waals surface area contributed by atoms with E-state index < -0.39 is 5.82 Å². The fourth-order valence-corrected chi connectivity index (χ4v) is 1.32. The monoisotopic (exact) mass is 197 g/mol. The number of fused-ring (bicyclic) bond motifs is 1. The smallest absolute Gasteiger partial charge is 0.248 e. The maximum absolute atomic E-state index is 12.9. The van der Waals surface area contributed by atoms with Gasteiger partial charge in [0.15, 0.2) is 0 Å². The topological polar surface area (TPSA) is 32.9 Å². The fourth-order valence-electron chi connectivity index (χ4n) is 1.15. The lowest BCUT2D eigenvalue weighted by Gasteiger charge is -1.98. The van der Waals surface area contributed by atoms with Crippen molar-refractivity contribution in [3.05, 3.63) is 45.5 Å². The Morgan fingerprint density at radius 3 is 2.85 bits per heavy atom. The minimum atomic E-state index is -0.531. The molecule has 2 nitrogen and oxygen atoms in total. The van der Waals surface area contributed by atoms with Gasteiger partial charge in [-0.25, -0.2) is 4.39 Å². The van der Waals surface area contributed by atoms with Crippen LogP contribution in [0, 0.1) is 5.82 Å². The first-order valence-corrected chi connectivity index (χ1v) is 4.03. The third-order valence-electron chi connectivity index (χ3n) is 1.76. The number of hydrogen-bond donors (Lipinski definition) is 1. The third kappa shape index (κ3) is 1.42. The number of aromatic nitrogens is 1. The Balaban J connectivity index is 2.89. The predicted octanol–water partition coefficient (Wildman–Crippen LogP) is 2.32. The molecule has 66 valence electrons. The van der Waals surface area contributed by atoms with Gasteiger partial charge in [0.1, 0.15) is 5.82 Å². The van der Waals surface area contributed by atoms with Gasteiger partial charge in [-0.1, -0.05) is 11.6 Å². The van der Waals surface area contributed by atoms with Crippen molar-refractivity contribution in [1.29, 1.82) is 0 Å². The lowest BCUT2D eigenvalue weighted by molar-refractivity contribution is 0.630. The van der Waals surface area contributed by atoms with E-state index in [4.69, 9.17) is 11.6 Å². The average molecular weight is 198 g/mol. The molecule has 0 bridgehead atoms. The molecule has 0 aliphatic heterocycles. The Morgan fingerprint density at radius 1 is 1.31 bits per heavy atom. The lowest BCUT2D eigenvalue weighted by Crippen LogP contribution is -2.02. The maximum atomic E-state index is 12.9. The Kier molecular flexibility index (Phi) is 1.81. The molecule has 0 unspecified atom stereocenters. The van der Waals surface area contributed by atoms with Crippen LogP contribution in [0.15, 0.2) is 29.1 Å². The van der Waals surface area contributed by atoms with E-state index >= 15 is 0 Å². The molecule has 0 amide bonds. The van der Waals surface area contributed by atoms with Crippen molar-refractivity contribution >= 4 is 22.5 Å². The standard InChI is InChI=1S/C9H5ClFNO/c10-6-3-5-1-2-9(13)12-8(5)4-7(6)11/h1-4H,(H,12,13). The van der Waals surface area contributed by atoms with Crippen LogP contribution in [0.3, 0.4) is 0 Å². The third-order valence-corrected chi connectivity index (χ3v) is 2.05. The highest BCUT2D eigenvalue weighted by Gasteiger charge is 2.01. The van der Waals surface area contributed by atoms with Crippen molar-refractivity contribution in [1.82, 2.24) is 4.98 Å². The van der Waals surface area contributed by atoms with Crippen molar-refractivity contribution in [2.75, 3.05) is 0 Å². The molecule has 0 saturated carbocycles. The second kappa shape index (κ2) is 2.85. The van der Waals surface area contributed by atoms with Gasteiger partial charge >= 0.3 is 0 Å². The van der Waals surface area contributed by atoms with E-state index in [0.29, 0.717) is 10.9 Å². The number of benzene rings is 1. The zero-order valence-corrected chi connectivity index (χ0v) is 7.23. The van der Waals surface area contributed by atoms with Crippen molar-refractivity contribution < 1.29 is 4.39 Å². The summed E-state index contributed by atoms with van der Waals surface area (Å²) in [5.41, 5.74) is 0.198. The van der Waals surface area contributed by atoms with Gasteiger partial charge in [0, 0.05) is 6.07 Å². The maximum Gasteiger partial charge on any atom is 0.248 e. The van der Waals surface area contributed by atoms with Gasteiger partial charge in [-0.2, -0.15) is 0 Å². The first kappa shape index (κ1) is 8.26. The van der Waals surface area contributed by atoms with Gasteiger partial charge < -0.3 is 4.98 Å². The Bertz CT molecular complexity index is 520. The van der Waals surface area contributed by atoms with Crippen molar-refractivity contribution in [2.45, 2.75) is 0 Å². The molecule has 1 N–H and O–H groups in total. The predicted molar refractivity (Wildman–Crippen MR) is 49.5 cm³/mol. The van der Waals surface area contributed by atoms with E-state index in [2.05, 4.69) is 4.98 Å². The van der Waals surface area contributed by atoms with Crippen LogP contribution in [0.1, 0.15) is 0 Å². The average Bonchev–Trinajstić information content (AvgIpc) is 2.08. The summed E-state index contributed by atoms with van der Waals surface area (Å²) in [6.45, 7) is 0. The SMILES string of the molecule is O=c1ccc2cc(Cl)c(F)cc2[nH]1. The van der Waals surface area contributed by atoms with Gasteiger partial charge in [-0.05, 0) is 23.6 Å². The molecule has 1 heterocycles. The zero-order chi connectivity index (χ0) is 9.42. The number of rotatable bonds is 0. The number of halogens is 2. The molecule has 1 aromatic carbocycles. The van der Waals surface area contributed by atoms with Crippen LogP contribution in [0.25, 0.3) is 10.9 Å². The highest BCUT2D eigenvalue weighted by molar-refractivity contribution is 6.31. The molecule has 4 heteroatoms. The summed E-state index contributed by atoms with van der Waals surface area (Å²) < 4.78 is 12.9. The fraction of sp³-hybridized carbons (Fsp3) is 0. The summed E-state index contributed by atoms with van der Waals surface area (Å²) in [5, 5.41) is 0.769. The van der Waals surface area contributed by atoms with E-state index in [9.17, 15) is 9.18 Å². The van der Waals surface area contributed by atoms with Gasteiger partial charge in [0.2, 0.25) is 5.56 Å². The quantitative estimate of drug-likeness (QED) is 0.691. The number of H-pyrrole nitrogens is 1.